The van der Waals surface area contributed by atoms with E-state index in [1.54, 1.807) is 0 Å². The molecule has 19 heavy (non-hydrogen) atoms. The van der Waals surface area contributed by atoms with Gasteiger partial charge in [-0.2, -0.15) is 0 Å². The zero-order valence-electron chi connectivity index (χ0n) is 12.5. The van der Waals surface area contributed by atoms with Crippen LogP contribution in [0.5, 0.6) is 5.75 Å². The maximum absolute atomic E-state index is 5.69. The maximum atomic E-state index is 5.69. The van der Waals surface area contributed by atoms with Crippen molar-refractivity contribution in [3.8, 4) is 5.75 Å². The number of ether oxygens (including phenoxy) is 1. The molecule has 0 saturated heterocycles. The van der Waals surface area contributed by atoms with Crippen molar-refractivity contribution in [3.63, 3.8) is 0 Å². The van der Waals surface area contributed by atoms with E-state index in [2.05, 4.69) is 60.2 Å². The Hall–Kier alpha value is -0.540. The van der Waals surface area contributed by atoms with Gasteiger partial charge in [-0.15, -0.1) is 0 Å². The Morgan fingerprint density at radius 3 is 2.58 bits per heavy atom. The first-order valence-electron chi connectivity index (χ1n) is 7.21. The molecule has 0 amide bonds. The highest BCUT2D eigenvalue weighted by molar-refractivity contribution is 9.10. The van der Waals surface area contributed by atoms with Gasteiger partial charge >= 0.3 is 0 Å². The van der Waals surface area contributed by atoms with Crippen LogP contribution in [0.25, 0.3) is 0 Å². The van der Waals surface area contributed by atoms with Crippen LogP contribution in [0.4, 0.5) is 0 Å². The molecule has 2 unspecified atom stereocenters. The summed E-state index contributed by atoms with van der Waals surface area (Å²) in [6.45, 7) is 7.43. The van der Waals surface area contributed by atoms with Gasteiger partial charge in [-0.1, -0.05) is 33.3 Å². The Morgan fingerprint density at radius 1 is 1.32 bits per heavy atom. The molecular weight excluding hydrogens is 302 g/mol. The SMILES string of the molecule is CCCOc1ccc(C(CC(C)CC)NC)cc1Br. The van der Waals surface area contributed by atoms with Crippen LogP contribution in [0, 0.1) is 5.92 Å². The monoisotopic (exact) mass is 327 g/mol. The van der Waals surface area contributed by atoms with Gasteiger partial charge in [-0.3, -0.25) is 0 Å². The molecule has 0 radical (unpaired) electrons. The first-order valence-corrected chi connectivity index (χ1v) is 8.01. The van der Waals surface area contributed by atoms with Gasteiger partial charge in [-0.25, -0.2) is 0 Å². The summed E-state index contributed by atoms with van der Waals surface area (Å²) in [6.07, 6.45) is 3.41. The zero-order valence-corrected chi connectivity index (χ0v) is 14.1. The third-order valence-electron chi connectivity index (χ3n) is 3.50. The summed E-state index contributed by atoms with van der Waals surface area (Å²) in [5.41, 5.74) is 1.32. The minimum Gasteiger partial charge on any atom is -0.492 e. The van der Waals surface area contributed by atoms with E-state index in [9.17, 15) is 0 Å². The predicted octanol–water partition coefficient (Wildman–Crippen LogP) is 4.93. The smallest absolute Gasteiger partial charge is 0.133 e. The number of rotatable bonds is 8. The average Bonchev–Trinajstić information content (AvgIpc) is 2.43. The van der Waals surface area contributed by atoms with Crippen LogP contribution in [-0.2, 0) is 0 Å². The summed E-state index contributed by atoms with van der Waals surface area (Å²) < 4.78 is 6.73. The van der Waals surface area contributed by atoms with Gasteiger partial charge in [0.15, 0.2) is 0 Å². The van der Waals surface area contributed by atoms with Gasteiger partial charge in [0.1, 0.15) is 5.75 Å². The van der Waals surface area contributed by atoms with Crippen LogP contribution >= 0.6 is 15.9 Å². The molecule has 0 aliphatic carbocycles. The molecule has 0 aliphatic heterocycles. The highest BCUT2D eigenvalue weighted by Crippen LogP contribution is 2.31. The Bertz CT molecular complexity index is 381. The first kappa shape index (κ1) is 16.5. The minimum atomic E-state index is 0.409. The van der Waals surface area contributed by atoms with E-state index in [0.717, 1.165) is 35.6 Å². The predicted molar refractivity (Wildman–Crippen MR) is 85.8 cm³/mol. The fourth-order valence-electron chi connectivity index (χ4n) is 2.05. The van der Waals surface area contributed by atoms with Crippen molar-refractivity contribution in [2.75, 3.05) is 13.7 Å². The van der Waals surface area contributed by atoms with Crippen molar-refractivity contribution in [1.82, 2.24) is 5.32 Å². The molecule has 0 aliphatic rings. The fraction of sp³-hybridized carbons (Fsp3) is 0.625. The lowest BCUT2D eigenvalue weighted by Crippen LogP contribution is -2.19. The fourth-order valence-corrected chi connectivity index (χ4v) is 2.56. The van der Waals surface area contributed by atoms with Gasteiger partial charge < -0.3 is 10.1 Å². The van der Waals surface area contributed by atoms with Crippen molar-refractivity contribution in [2.24, 2.45) is 5.92 Å². The molecule has 108 valence electrons. The second-order valence-electron chi connectivity index (χ2n) is 5.13. The molecule has 2 atom stereocenters. The third kappa shape index (κ3) is 5.15. The van der Waals surface area contributed by atoms with Crippen molar-refractivity contribution < 1.29 is 4.74 Å². The Morgan fingerprint density at radius 2 is 2.05 bits per heavy atom. The summed E-state index contributed by atoms with van der Waals surface area (Å²) in [5.74, 6) is 1.66. The van der Waals surface area contributed by atoms with Crippen molar-refractivity contribution >= 4 is 15.9 Å². The number of hydrogen-bond acceptors (Lipinski definition) is 2. The standard InChI is InChI=1S/C16H26BrNO/c1-5-9-19-16-8-7-13(11-14(16)17)15(18-4)10-12(3)6-2/h7-8,11-12,15,18H,5-6,9-10H2,1-4H3. The lowest BCUT2D eigenvalue weighted by molar-refractivity contribution is 0.315. The number of benzene rings is 1. The summed E-state index contributed by atoms with van der Waals surface area (Å²) in [7, 11) is 2.03. The molecule has 1 aromatic rings. The van der Waals surface area contributed by atoms with Gasteiger partial charge in [0.2, 0.25) is 0 Å². The highest BCUT2D eigenvalue weighted by atomic mass is 79.9. The topological polar surface area (TPSA) is 21.3 Å². The lowest BCUT2D eigenvalue weighted by Gasteiger charge is -2.21. The van der Waals surface area contributed by atoms with Crippen LogP contribution in [0.15, 0.2) is 22.7 Å². The molecule has 0 fully saturated rings. The van der Waals surface area contributed by atoms with Gasteiger partial charge in [0.25, 0.3) is 0 Å². The van der Waals surface area contributed by atoms with Crippen LogP contribution < -0.4 is 10.1 Å². The van der Waals surface area contributed by atoms with Gasteiger partial charge in [0, 0.05) is 6.04 Å². The highest BCUT2D eigenvalue weighted by Gasteiger charge is 2.14. The van der Waals surface area contributed by atoms with Gasteiger partial charge in [0.05, 0.1) is 11.1 Å². The van der Waals surface area contributed by atoms with Crippen molar-refractivity contribution in [2.45, 2.75) is 46.1 Å². The van der Waals surface area contributed by atoms with E-state index >= 15 is 0 Å². The van der Waals surface area contributed by atoms with E-state index in [4.69, 9.17) is 4.74 Å². The maximum Gasteiger partial charge on any atom is 0.133 e. The average molecular weight is 328 g/mol. The molecule has 1 rings (SSSR count). The largest absolute Gasteiger partial charge is 0.492 e. The molecule has 1 N–H and O–H groups in total. The summed E-state index contributed by atoms with van der Waals surface area (Å²) in [5, 5.41) is 3.41. The Kier molecular flexibility index (Phi) is 7.47. The summed E-state index contributed by atoms with van der Waals surface area (Å²) in [6, 6.07) is 6.82. The molecule has 0 heterocycles. The lowest BCUT2D eigenvalue weighted by atomic mass is 9.94. The Labute approximate surface area is 126 Å². The third-order valence-corrected chi connectivity index (χ3v) is 4.12. The first-order chi connectivity index (χ1) is 9.12. The number of nitrogens with one attached hydrogen (secondary N) is 1. The molecule has 2 nitrogen and oxygen atoms in total. The second kappa shape index (κ2) is 8.60. The van der Waals surface area contributed by atoms with Crippen molar-refractivity contribution in [1.29, 1.82) is 0 Å². The molecule has 0 aromatic heterocycles. The number of halogens is 1. The second-order valence-corrected chi connectivity index (χ2v) is 5.98. The molecule has 0 spiro atoms. The van der Waals surface area contributed by atoms with E-state index in [0.29, 0.717) is 6.04 Å². The normalized spacial score (nSPS) is 14.2. The zero-order chi connectivity index (χ0) is 14.3. The van der Waals surface area contributed by atoms with E-state index in [1.165, 1.54) is 12.0 Å². The molecule has 3 heteroatoms. The number of hydrogen-bond donors (Lipinski definition) is 1. The summed E-state index contributed by atoms with van der Waals surface area (Å²) in [4.78, 5) is 0. The Balaban J connectivity index is 2.79. The van der Waals surface area contributed by atoms with Crippen LogP contribution in [0.2, 0.25) is 0 Å². The van der Waals surface area contributed by atoms with Crippen molar-refractivity contribution in [3.05, 3.63) is 28.2 Å². The van der Waals surface area contributed by atoms with Crippen LogP contribution in [0.1, 0.15) is 51.6 Å². The van der Waals surface area contributed by atoms with Gasteiger partial charge in [-0.05, 0) is 59.4 Å². The molecular formula is C16H26BrNO. The summed E-state index contributed by atoms with van der Waals surface area (Å²) >= 11 is 3.61. The quantitative estimate of drug-likeness (QED) is 0.730. The minimum absolute atomic E-state index is 0.409. The van der Waals surface area contributed by atoms with Crippen LogP contribution in [-0.4, -0.2) is 13.7 Å². The molecule has 1 aromatic carbocycles. The van der Waals surface area contributed by atoms with E-state index < -0.39 is 0 Å². The van der Waals surface area contributed by atoms with Crippen LogP contribution in [0.3, 0.4) is 0 Å². The molecule has 0 saturated carbocycles. The van der Waals surface area contributed by atoms with E-state index in [-0.39, 0.29) is 0 Å². The molecule has 0 bridgehead atoms. The van der Waals surface area contributed by atoms with E-state index in [1.807, 2.05) is 7.05 Å².